The molecule has 3 rings (SSSR count). The predicted octanol–water partition coefficient (Wildman–Crippen LogP) is 4.58. The van der Waals surface area contributed by atoms with E-state index >= 15 is 0 Å². The van der Waals surface area contributed by atoms with Crippen LogP contribution in [-0.4, -0.2) is 7.05 Å². The lowest BCUT2D eigenvalue weighted by atomic mass is 9.98. The van der Waals surface area contributed by atoms with E-state index in [2.05, 4.69) is 52.6 Å². The minimum absolute atomic E-state index is 0.290. The van der Waals surface area contributed by atoms with E-state index in [9.17, 15) is 0 Å². The molecule has 0 spiro atoms. The molecule has 1 aromatic carbocycles. The van der Waals surface area contributed by atoms with Crippen LogP contribution in [0, 0.1) is 6.92 Å². The van der Waals surface area contributed by atoms with Crippen molar-refractivity contribution in [2.24, 2.45) is 0 Å². The molecule has 1 unspecified atom stereocenters. The molecule has 1 N–H and O–H groups in total. The molecular formula is C15H15NS2. The molecule has 1 nitrogen and oxygen atoms in total. The van der Waals surface area contributed by atoms with E-state index < -0.39 is 0 Å². The van der Waals surface area contributed by atoms with Crippen LogP contribution in [0.2, 0.25) is 0 Å². The number of hydrogen-bond acceptors (Lipinski definition) is 3. The van der Waals surface area contributed by atoms with Crippen LogP contribution in [-0.2, 0) is 0 Å². The summed E-state index contributed by atoms with van der Waals surface area (Å²) in [5.41, 5.74) is 4.14. The Hall–Kier alpha value is -1.16. The van der Waals surface area contributed by atoms with Crippen LogP contribution in [0.3, 0.4) is 0 Å². The number of hydrogen-bond donors (Lipinski definition) is 1. The maximum absolute atomic E-state index is 3.46. The SMILES string of the molecule is CNC(c1cscc1C)c1cccc2ccsc12. The fourth-order valence-electron chi connectivity index (χ4n) is 2.39. The maximum atomic E-state index is 3.46. The third-order valence-electron chi connectivity index (χ3n) is 3.32. The lowest BCUT2D eigenvalue weighted by Crippen LogP contribution is -2.17. The van der Waals surface area contributed by atoms with Crippen LogP contribution in [0.4, 0.5) is 0 Å². The number of thiophene rings is 2. The van der Waals surface area contributed by atoms with Crippen LogP contribution in [0.15, 0.2) is 40.4 Å². The zero-order valence-corrected chi connectivity index (χ0v) is 12.1. The molecule has 3 aromatic rings. The third-order valence-corrected chi connectivity index (χ3v) is 5.17. The zero-order chi connectivity index (χ0) is 12.5. The summed E-state index contributed by atoms with van der Waals surface area (Å²) in [5.74, 6) is 0. The number of fused-ring (bicyclic) bond motifs is 1. The van der Waals surface area contributed by atoms with Gasteiger partial charge in [-0.15, -0.1) is 11.3 Å². The lowest BCUT2D eigenvalue weighted by Gasteiger charge is -2.17. The first kappa shape index (κ1) is 11.9. The topological polar surface area (TPSA) is 12.0 Å². The molecule has 0 aliphatic rings. The maximum Gasteiger partial charge on any atom is 0.0599 e. The highest BCUT2D eigenvalue weighted by Gasteiger charge is 2.17. The van der Waals surface area contributed by atoms with E-state index in [-0.39, 0.29) is 0 Å². The van der Waals surface area contributed by atoms with Gasteiger partial charge in [-0.05, 0) is 58.3 Å². The zero-order valence-electron chi connectivity index (χ0n) is 10.4. The Morgan fingerprint density at radius 2 is 2.00 bits per heavy atom. The molecule has 0 saturated heterocycles. The molecule has 0 saturated carbocycles. The molecule has 0 aliphatic carbocycles. The summed E-state index contributed by atoms with van der Waals surface area (Å²) < 4.78 is 1.39. The predicted molar refractivity (Wildman–Crippen MR) is 81.8 cm³/mol. The number of aryl methyl sites for hydroxylation is 1. The monoisotopic (exact) mass is 273 g/mol. The van der Waals surface area contributed by atoms with Crippen molar-refractivity contribution < 1.29 is 0 Å². The average Bonchev–Trinajstić information content (AvgIpc) is 3.00. The van der Waals surface area contributed by atoms with Crippen LogP contribution in [0.1, 0.15) is 22.7 Å². The number of benzene rings is 1. The van der Waals surface area contributed by atoms with Crippen molar-refractivity contribution in [2.75, 3.05) is 7.05 Å². The molecule has 0 radical (unpaired) electrons. The Bertz CT molecular complexity index is 666. The van der Waals surface area contributed by atoms with Crippen molar-refractivity contribution in [1.29, 1.82) is 0 Å². The molecule has 0 fully saturated rings. The second-order valence-corrected chi connectivity index (χ2v) is 6.08. The smallest absolute Gasteiger partial charge is 0.0599 e. The van der Waals surface area contributed by atoms with Crippen molar-refractivity contribution >= 4 is 32.8 Å². The van der Waals surface area contributed by atoms with Crippen LogP contribution in [0.5, 0.6) is 0 Å². The molecule has 0 bridgehead atoms. The molecule has 2 aromatic heterocycles. The van der Waals surface area contributed by atoms with Gasteiger partial charge in [-0.1, -0.05) is 18.2 Å². The third kappa shape index (κ3) is 1.88. The summed E-state index contributed by atoms with van der Waals surface area (Å²) >= 11 is 3.60. The van der Waals surface area contributed by atoms with E-state index in [0.29, 0.717) is 6.04 Å². The fraction of sp³-hybridized carbons (Fsp3) is 0.200. The summed E-state index contributed by atoms with van der Waals surface area (Å²) in [7, 11) is 2.04. The Labute approximate surface area is 115 Å². The fourth-order valence-corrected chi connectivity index (χ4v) is 4.21. The van der Waals surface area contributed by atoms with Gasteiger partial charge in [0.15, 0.2) is 0 Å². The molecule has 0 amide bonds. The molecular weight excluding hydrogens is 258 g/mol. The first-order valence-electron chi connectivity index (χ1n) is 5.97. The number of rotatable bonds is 3. The molecule has 2 heterocycles. The van der Waals surface area contributed by atoms with E-state index in [1.807, 2.05) is 18.4 Å². The van der Waals surface area contributed by atoms with Gasteiger partial charge >= 0.3 is 0 Å². The Balaban J connectivity index is 2.17. The second-order valence-electron chi connectivity index (χ2n) is 4.42. The first-order chi connectivity index (χ1) is 8.81. The first-order valence-corrected chi connectivity index (χ1v) is 7.79. The van der Waals surface area contributed by atoms with E-state index in [1.54, 1.807) is 11.3 Å². The van der Waals surface area contributed by atoms with Crippen molar-refractivity contribution in [3.8, 4) is 0 Å². The second kappa shape index (κ2) is 4.84. The van der Waals surface area contributed by atoms with Crippen LogP contribution in [0.25, 0.3) is 10.1 Å². The minimum Gasteiger partial charge on any atom is -0.309 e. The quantitative estimate of drug-likeness (QED) is 0.736. The summed E-state index contributed by atoms with van der Waals surface area (Å²) in [4.78, 5) is 0. The highest BCUT2D eigenvalue weighted by atomic mass is 32.1. The Morgan fingerprint density at radius 3 is 2.72 bits per heavy atom. The van der Waals surface area contributed by atoms with Gasteiger partial charge < -0.3 is 5.32 Å². The molecule has 18 heavy (non-hydrogen) atoms. The van der Waals surface area contributed by atoms with Crippen molar-refractivity contribution in [3.63, 3.8) is 0 Å². The molecule has 92 valence electrons. The number of nitrogens with one attached hydrogen (secondary N) is 1. The highest BCUT2D eigenvalue weighted by Crippen LogP contribution is 2.34. The van der Waals surface area contributed by atoms with E-state index in [4.69, 9.17) is 0 Å². The summed E-state index contributed by atoms with van der Waals surface area (Å²) in [6.07, 6.45) is 0. The molecule has 3 heteroatoms. The van der Waals surface area contributed by atoms with Gasteiger partial charge in [0.2, 0.25) is 0 Å². The van der Waals surface area contributed by atoms with Gasteiger partial charge in [0, 0.05) is 4.70 Å². The summed E-state index contributed by atoms with van der Waals surface area (Å²) in [5, 5.41) is 11.4. The summed E-state index contributed by atoms with van der Waals surface area (Å²) in [6, 6.07) is 9.05. The normalized spacial score (nSPS) is 13.0. The lowest BCUT2D eigenvalue weighted by molar-refractivity contribution is 0.696. The van der Waals surface area contributed by atoms with Gasteiger partial charge in [0.05, 0.1) is 6.04 Å². The van der Waals surface area contributed by atoms with E-state index in [0.717, 1.165) is 0 Å². The Kier molecular flexibility index (Phi) is 3.20. The van der Waals surface area contributed by atoms with Crippen molar-refractivity contribution in [2.45, 2.75) is 13.0 Å². The van der Waals surface area contributed by atoms with Gasteiger partial charge in [-0.2, -0.15) is 11.3 Å². The largest absolute Gasteiger partial charge is 0.309 e. The summed E-state index contributed by atoms with van der Waals surface area (Å²) in [6.45, 7) is 2.19. The van der Waals surface area contributed by atoms with Gasteiger partial charge in [0.1, 0.15) is 0 Å². The van der Waals surface area contributed by atoms with Gasteiger partial charge in [0.25, 0.3) is 0 Å². The molecule has 0 aliphatic heterocycles. The van der Waals surface area contributed by atoms with Crippen LogP contribution >= 0.6 is 22.7 Å². The van der Waals surface area contributed by atoms with Gasteiger partial charge in [-0.3, -0.25) is 0 Å². The standard InChI is InChI=1S/C15H15NS2/c1-10-8-17-9-13(10)14(16-2)12-5-3-4-11-6-7-18-15(11)12/h3-9,14,16H,1-2H3. The molecule has 1 atom stereocenters. The highest BCUT2D eigenvalue weighted by molar-refractivity contribution is 7.17. The minimum atomic E-state index is 0.290. The van der Waals surface area contributed by atoms with E-state index in [1.165, 1.54) is 26.8 Å². The van der Waals surface area contributed by atoms with Crippen molar-refractivity contribution in [1.82, 2.24) is 5.32 Å². The van der Waals surface area contributed by atoms with Crippen LogP contribution < -0.4 is 5.32 Å². The Morgan fingerprint density at radius 1 is 1.11 bits per heavy atom. The van der Waals surface area contributed by atoms with Gasteiger partial charge in [-0.25, -0.2) is 0 Å². The average molecular weight is 273 g/mol. The van der Waals surface area contributed by atoms with Crippen molar-refractivity contribution in [3.05, 3.63) is 57.1 Å².